The second kappa shape index (κ2) is 7.99. The Balaban J connectivity index is 1.35. The minimum Gasteiger partial charge on any atom is -0.374 e. The van der Waals surface area contributed by atoms with E-state index in [-0.39, 0.29) is 17.2 Å². The molecular weight excluding hydrogens is 364 g/mol. The van der Waals surface area contributed by atoms with Gasteiger partial charge in [-0.3, -0.25) is 18.9 Å². The summed E-state index contributed by atoms with van der Waals surface area (Å²) in [6.45, 7) is 3.43. The summed E-state index contributed by atoms with van der Waals surface area (Å²) in [6, 6.07) is 10.3. The van der Waals surface area contributed by atoms with Crippen molar-refractivity contribution in [3.05, 3.63) is 69.6 Å². The molecule has 7 nitrogen and oxygen atoms in total. The van der Waals surface area contributed by atoms with Gasteiger partial charge < -0.3 is 10.1 Å². The molecule has 140 valence electrons. The molecular formula is C19H20N4O3S. The van der Waals surface area contributed by atoms with E-state index < -0.39 is 5.91 Å². The molecule has 1 atom stereocenters. The monoisotopic (exact) mass is 384 g/mol. The summed E-state index contributed by atoms with van der Waals surface area (Å²) in [7, 11) is 0. The number of hydrogen-bond acceptors (Lipinski definition) is 6. The van der Waals surface area contributed by atoms with Crippen molar-refractivity contribution >= 4 is 22.2 Å². The normalized spacial score (nSPS) is 17.9. The molecule has 1 fully saturated rings. The number of hydrogen-bond donors (Lipinski definition) is 1. The summed E-state index contributed by atoms with van der Waals surface area (Å²) in [5.74, 6) is -0.420. The number of amides is 1. The fourth-order valence-corrected chi connectivity index (χ4v) is 3.85. The van der Waals surface area contributed by atoms with Crippen molar-refractivity contribution in [3.63, 3.8) is 0 Å². The maximum absolute atomic E-state index is 12.4. The van der Waals surface area contributed by atoms with Gasteiger partial charge >= 0.3 is 0 Å². The van der Waals surface area contributed by atoms with E-state index in [0.717, 1.165) is 19.6 Å². The van der Waals surface area contributed by atoms with Crippen LogP contribution in [0, 0.1) is 0 Å². The molecule has 3 heterocycles. The number of nitrogens with zero attached hydrogens (tertiary/aromatic N) is 3. The van der Waals surface area contributed by atoms with Crippen LogP contribution in [0.2, 0.25) is 0 Å². The lowest BCUT2D eigenvalue weighted by Gasteiger charge is -2.33. The lowest BCUT2D eigenvalue weighted by atomic mass is 10.2. The van der Waals surface area contributed by atoms with Crippen molar-refractivity contribution < 1.29 is 9.53 Å². The van der Waals surface area contributed by atoms with Gasteiger partial charge in [-0.05, 0) is 5.56 Å². The van der Waals surface area contributed by atoms with Gasteiger partial charge in [0.2, 0.25) is 0 Å². The molecule has 1 aromatic carbocycles. The number of aromatic nitrogens is 2. The second-order valence-electron chi connectivity index (χ2n) is 6.46. The van der Waals surface area contributed by atoms with Gasteiger partial charge in [0.05, 0.1) is 12.7 Å². The molecule has 0 aliphatic carbocycles. The molecule has 4 rings (SSSR count). The molecule has 1 aliphatic rings. The van der Waals surface area contributed by atoms with Crippen molar-refractivity contribution in [2.45, 2.75) is 12.6 Å². The summed E-state index contributed by atoms with van der Waals surface area (Å²) in [5, 5.41) is 4.58. The van der Waals surface area contributed by atoms with Gasteiger partial charge in [-0.25, -0.2) is 4.98 Å². The largest absolute Gasteiger partial charge is 0.374 e. The van der Waals surface area contributed by atoms with Crippen LogP contribution < -0.4 is 10.9 Å². The fraction of sp³-hybridized carbons (Fsp3) is 0.316. The molecule has 1 N–H and O–H groups in total. The van der Waals surface area contributed by atoms with Crippen molar-refractivity contribution in [2.75, 3.05) is 26.2 Å². The summed E-state index contributed by atoms with van der Waals surface area (Å²) in [4.78, 5) is 31.8. The smallest absolute Gasteiger partial charge is 0.271 e. The van der Waals surface area contributed by atoms with E-state index in [2.05, 4.69) is 27.3 Å². The highest BCUT2D eigenvalue weighted by molar-refractivity contribution is 7.15. The quantitative estimate of drug-likeness (QED) is 0.719. The topological polar surface area (TPSA) is 75.9 Å². The van der Waals surface area contributed by atoms with Crippen LogP contribution in [0.25, 0.3) is 4.96 Å². The summed E-state index contributed by atoms with van der Waals surface area (Å²) >= 11 is 1.35. The van der Waals surface area contributed by atoms with Crippen molar-refractivity contribution in [2.24, 2.45) is 0 Å². The van der Waals surface area contributed by atoms with Crippen LogP contribution in [0.4, 0.5) is 0 Å². The van der Waals surface area contributed by atoms with Gasteiger partial charge in [-0.1, -0.05) is 30.3 Å². The number of carbonyl (C=O) groups is 1. The average Bonchev–Trinajstić information content (AvgIpc) is 3.17. The van der Waals surface area contributed by atoms with Crippen molar-refractivity contribution in [3.8, 4) is 0 Å². The first kappa shape index (κ1) is 17.8. The number of fused-ring (bicyclic) bond motifs is 1. The first-order valence-electron chi connectivity index (χ1n) is 8.81. The summed E-state index contributed by atoms with van der Waals surface area (Å²) < 4.78 is 7.15. The zero-order valence-electron chi connectivity index (χ0n) is 14.7. The fourth-order valence-electron chi connectivity index (χ4n) is 3.17. The lowest BCUT2D eigenvalue weighted by molar-refractivity contribution is -0.0292. The van der Waals surface area contributed by atoms with E-state index in [1.807, 2.05) is 18.2 Å². The highest BCUT2D eigenvalue weighted by Gasteiger charge is 2.22. The number of rotatable bonds is 5. The lowest BCUT2D eigenvalue weighted by Crippen LogP contribution is -2.47. The molecule has 3 aromatic rings. The second-order valence-corrected chi connectivity index (χ2v) is 7.33. The first-order chi connectivity index (χ1) is 13.2. The number of benzene rings is 1. The van der Waals surface area contributed by atoms with Gasteiger partial charge in [0, 0.05) is 44.0 Å². The van der Waals surface area contributed by atoms with Crippen LogP contribution in [0.3, 0.4) is 0 Å². The average molecular weight is 384 g/mol. The number of carbonyl (C=O) groups excluding carboxylic acids is 1. The van der Waals surface area contributed by atoms with Crippen LogP contribution in [0.5, 0.6) is 0 Å². The molecule has 8 heteroatoms. The Labute approximate surface area is 160 Å². The van der Waals surface area contributed by atoms with Gasteiger partial charge in [0.1, 0.15) is 5.56 Å². The van der Waals surface area contributed by atoms with Gasteiger partial charge in [-0.2, -0.15) is 0 Å². The first-order valence-corrected chi connectivity index (χ1v) is 9.69. The van der Waals surface area contributed by atoms with Crippen LogP contribution in [0.1, 0.15) is 15.9 Å². The molecule has 1 unspecified atom stereocenters. The number of morpholine rings is 1. The Hall–Kier alpha value is -2.55. The molecule has 0 saturated carbocycles. The summed E-state index contributed by atoms with van der Waals surface area (Å²) in [6.07, 6.45) is 2.86. The third-order valence-electron chi connectivity index (χ3n) is 4.55. The zero-order chi connectivity index (χ0) is 18.6. The van der Waals surface area contributed by atoms with Gasteiger partial charge in [0.15, 0.2) is 4.96 Å². The molecule has 0 radical (unpaired) electrons. The van der Waals surface area contributed by atoms with Crippen LogP contribution >= 0.6 is 11.3 Å². The van der Waals surface area contributed by atoms with E-state index in [1.54, 1.807) is 11.6 Å². The van der Waals surface area contributed by atoms with E-state index in [1.165, 1.54) is 27.5 Å². The molecule has 0 spiro atoms. The number of ether oxygens (including phenoxy) is 1. The zero-order valence-corrected chi connectivity index (χ0v) is 15.5. The number of thiazole rings is 1. The summed E-state index contributed by atoms with van der Waals surface area (Å²) in [5.41, 5.74) is 0.946. The predicted octanol–water partition coefficient (Wildman–Crippen LogP) is 1.39. The SMILES string of the molecule is O=C(NCC1CN(Cc2ccccc2)CCO1)c1cnc2sccn2c1=O. The molecule has 1 aliphatic heterocycles. The van der Waals surface area contributed by atoms with E-state index in [9.17, 15) is 9.59 Å². The Morgan fingerprint density at radius 1 is 1.33 bits per heavy atom. The van der Waals surface area contributed by atoms with E-state index in [0.29, 0.717) is 18.1 Å². The third kappa shape index (κ3) is 4.08. The van der Waals surface area contributed by atoms with E-state index >= 15 is 0 Å². The van der Waals surface area contributed by atoms with Crippen molar-refractivity contribution in [1.82, 2.24) is 19.6 Å². The third-order valence-corrected chi connectivity index (χ3v) is 5.32. The molecule has 1 amide bonds. The predicted molar refractivity (Wildman–Crippen MR) is 103 cm³/mol. The highest BCUT2D eigenvalue weighted by atomic mass is 32.1. The Bertz CT molecular complexity index is 985. The maximum atomic E-state index is 12.4. The van der Waals surface area contributed by atoms with E-state index in [4.69, 9.17) is 4.74 Å². The molecule has 27 heavy (non-hydrogen) atoms. The van der Waals surface area contributed by atoms with Crippen LogP contribution in [-0.4, -0.2) is 52.5 Å². The Kier molecular flexibility index (Phi) is 5.28. The molecule has 1 saturated heterocycles. The Morgan fingerprint density at radius 2 is 2.19 bits per heavy atom. The van der Waals surface area contributed by atoms with Crippen molar-refractivity contribution in [1.29, 1.82) is 0 Å². The minimum atomic E-state index is -0.420. The standard InChI is InChI=1S/C19H20N4O3S/c24-17(16-11-21-19-23(18(16)25)7-9-27-19)20-10-15-13-22(6-8-26-15)12-14-4-2-1-3-5-14/h1-5,7,9,11,15H,6,8,10,12-13H2,(H,20,24). The van der Waals surface area contributed by atoms with Gasteiger partial charge in [-0.15, -0.1) is 11.3 Å². The van der Waals surface area contributed by atoms with Crippen LogP contribution in [-0.2, 0) is 11.3 Å². The Morgan fingerprint density at radius 3 is 3.04 bits per heavy atom. The van der Waals surface area contributed by atoms with Gasteiger partial charge in [0.25, 0.3) is 11.5 Å². The minimum absolute atomic E-state index is 0.0443. The number of nitrogens with one attached hydrogen (secondary N) is 1. The van der Waals surface area contributed by atoms with Crippen LogP contribution in [0.15, 0.2) is 52.9 Å². The highest BCUT2D eigenvalue weighted by Crippen LogP contribution is 2.10. The molecule has 0 bridgehead atoms. The maximum Gasteiger partial charge on any atom is 0.271 e. The molecule has 2 aromatic heterocycles.